The maximum Gasteiger partial charge on any atom is 0.266 e. The Bertz CT molecular complexity index is 1070. The largest absolute Gasteiger partial charge is 0.483 e. The molecule has 1 saturated heterocycles. The van der Waals surface area contributed by atoms with Crippen molar-refractivity contribution in [3.63, 3.8) is 0 Å². The van der Waals surface area contributed by atoms with Gasteiger partial charge in [0, 0.05) is 32.1 Å². The summed E-state index contributed by atoms with van der Waals surface area (Å²) in [6.07, 6.45) is 5.00. The van der Waals surface area contributed by atoms with Crippen molar-refractivity contribution in [1.29, 1.82) is 0 Å². The van der Waals surface area contributed by atoms with E-state index in [-0.39, 0.29) is 36.3 Å². The molecule has 41 heavy (non-hydrogen) atoms. The number of benzene rings is 1. The van der Waals surface area contributed by atoms with Crippen LogP contribution in [-0.2, 0) is 28.6 Å². The van der Waals surface area contributed by atoms with Gasteiger partial charge in [-0.1, -0.05) is 18.9 Å². The van der Waals surface area contributed by atoms with Gasteiger partial charge in [0.1, 0.15) is 11.8 Å². The van der Waals surface area contributed by atoms with Crippen molar-refractivity contribution in [3.05, 3.63) is 29.3 Å². The minimum atomic E-state index is -1.08. The van der Waals surface area contributed by atoms with Crippen molar-refractivity contribution in [1.82, 2.24) is 15.5 Å². The quantitative estimate of drug-likeness (QED) is 0.131. The average Bonchev–Trinajstić information content (AvgIpc) is 3.21. The molecule has 1 atom stereocenters. The van der Waals surface area contributed by atoms with E-state index < -0.39 is 35.6 Å². The predicted molar refractivity (Wildman–Crippen MR) is 148 cm³/mol. The van der Waals surface area contributed by atoms with Crippen molar-refractivity contribution in [2.24, 2.45) is 0 Å². The highest BCUT2D eigenvalue weighted by molar-refractivity contribution is 6.24. The molecule has 1 fully saturated rings. The number of unbranched alkanes of at least 4 members (excludes halogenated alkanes) is 3. The Balaban J connectivity index is 1.26. The van der Waals surface area contributed by atoms with Gasteiger partial charge in [0.25, 0.3) is 17.7 Å². The van der Waals surface area contributed by atoms with E-state index in [0.29, 0.717) is 51.9 Å². The number of fused-ring (bicyclic) bond motifs is 1. The van der Waals surface area contributed by atoms with Crippen LogP contribution in [0.2, 0.25) is 0 Å². The number of amides is 5. The molecular weight excluding hydrogens is 558 g/mol. The normalized spacial score (nSPS) is 16.6. The van der Waals surface area contributed by atoms with Crippen molar-refractivity contribution in [3.8, 4) is 5.75 Å². The second kappa shape index (κ2) is 17.7. The van der Waals surface area contributed by atoms with E-state index in [1.165, 1.54) is 18.2 Å². The molecule has 13 heteroatoms. The fourth-order valence-corrected chi connectivity index (χ4v) is 4.58. The third kappa shape index (κ3) is 10.1. The standard InChI is InChI=1S/C28H38ClN3O9/c29-11-3-1-2-4-13-38-15-17-40-18-16-39-14-6-12-30-24(34)19-41-22-8-5-7-20-25(22)28(37)32(27(20)36)21-9-10-23(33)31-26(21)35/h5,7-8,21H,1-4,6,9-19H2,(H,30,34)(H,31,33,35). The van der Waals surface area contributed by atoms with Gasteiger partial charge in [-0.15, -0.1) is 11.6 Å². The molecule has 0 aromatic heterocycles. The van der Waals surface area contributed by atoms with Crippen LogP contribution in [0.5, 0.6) is 5.75 Å². The van der Waals surface area contributed by atoms with E-state index in [1.54, 1.807) is 0 Å². The van der Waals surface area contributed by atoms with Crippen LogP contribution in [0, 0.1) is 0 Å². The van der Waals surface area contributed by atoms with Crippen LogP contribution in [0.25, 0.3) is 0 Å². The van der Waals surface area contributed by atoms with Crippen LogP contribution >= 0.6 is 11.6 Å². The number of carbonyl (C=O) groups is 5. The summed E-state index contributed by atoms with van der Waals surface area (Å²) in [5.74, 6) is -2.10. The fraction of sp³-hybridized carbons (Fsp3) is 0.607. The van der Waals surface area contributed by atoms with Gasteiger partial charge in [0.15, 0.2) is 6.61 Å². The summed E-state index contributed by atoms with van der Waals surface area (Å²) in [7, 11) is 0. The summed E-state index contributed by atoms with van der Waals surface area (Å²) in [4.78, 5) is 62.7. The molecular formula is C28H38ClN3O9. The molecule has 226 valence electrons. The molecule has 1 aromatic rings. The molecule has 1 unspecified atom stereocenters. The first-order valence-corrected chi connectivity index (χ1v) is 14.5. The van der Waals surface area contributed by atoms with E-state index in [2.05, 4.69) is 10.6 Å². The summed E-state index contributed by atoms with van der Waals surface area (Å²) in [6.45, 7) is 3.16. The Morgan fingerprint density at radius 3 is 2.29 bits per heavy atom. The maximum absolute atomic E-state index is 13.1. The minimum Gasteiger partial charge on any atom is -0.483 e. The zero-order chi connectivity index (χ0) is 29.5. The van der Waals surface area contributed by atoms with Crippen molar-refractivity contribution < 1.29 is 42.9 Å². The lowest BCUT2D eigenvalue weighted by Gasteiger charge is -2.27. The maximum atomic E-state index is 13.1. The lowest BCUT2D eigenvalue weighted by Crippen LogP contribution is -2.54. The average molecular weight is 596 g/mol. The van der Waals surface area contributed by atoms with Gasteiger partial charge in [0.05, 0.1) is 37.6 Å². The second-order valence-corrected chi connectivity index (χ2v) is 9.94. The van der Waals surface area contributed by atoms with Crippen LogP contribution < -0.4 is 15.4 Å². The molecule has 3 rings (SSSR count). The molecule has 2 N–H and O–H groups in total. The Kier molecular flexibility index (Phi) is 14.0. The number of alkyl halides is 1. The zero-order valence-corrected chi connectivity index (χ0v) is 23.9. The first-order valence-electron chi connectivity index (χ1n) is 14.0. The highest BCUT2D eigenvalue weighted by atomic mass is 35.5. The Hall–Kier alpha value is -3.06. The van der Waals surface area contributed by atoms with Gasteiger partial charge >= 0.3 is 0 Å². The van der Waals surface area contributed by atoms with Crippen molar-refractivity contribution in [2.75, 3.05) is 58.7 Å². The summed E-state index contributed by atoms with van der Waals surface area (Å²) in [5.41, 5.74) is 0.0791. The SMILES string of the molecule is O=C(COc1cccc2c1C(=O)N(C1CCC(=O)NC1=O)C2=O)NCCCOCCOCCOCCCCCCCl. The molecule has 1 aromatic carbocycles. The molecule has 2 aliphatic rings. The number of hydrogen-bond acceptors (Lipinski definition) is 9. The summed E-state index contributed by atoms with van der Waals surface area (Å²) in [6, 6.07) is 3.40. The molecule has 12 nitrogen and oxygen atoms in total. The van der Waals surface area contributed by atoms with Gasteiger partial charge in [-0.3, -0.25) is 34.2 Å². The van der Waals surface area contributed by atoms with Gasteiger partial charge in [-0.05, 0) is 37.8 Å². The van der Waals surface area contributed by atoms with Crippen LogP contribution in [0.1, 0.15) is 65.7 Å². The van der Waals surface area contributed by atoms with Gasteiger partial charge in [-0.2, -0.15) is 0 Å². The Labute approximate surface area is 244 Å². The van der Waals surface area contributed by atoms with E-state index in [0.717, 1.165) is 37.2 Å². The highest BCUT2D eigenvalue weighted by Gasteiger charge is 2.46. The number of carbonyl (C=O) groups excluding carboxylic acids is 5. The number of nitrogens with one attached hydrogen (secondary N) is 2. The Morgan fingerprint density at radius 1 is 0.902 bits per heavy atom. The number of imide groups is 2. The van der Waals surface area contributed by atoms with Gasteiger partial charge in [-0.25, -0.2) is 0 Å². The molecule has 5 amide bonds. The third-order valence-corrected chi connectivity index (χ3v) is 6.76. The number of ether oxygens (including phenoxy) is 4. The van der Waals surface area contributed by atoms with Crippen LogP contribution in [0.3, 0.4) is 0 Å². The first kappa shape index (κ1) is 32.5. The van der Waals surface area contributed by atoms with E-state index >= 15 is 0 Å². The number of nitrogens with zero attached hydrogens (tertiary/aromatic N) is 1. The lowest BCUT2D eigenvalue weighted by atomic mass is 10.0. The van der Waals surface area contributed by atoms with Crippen molar-refractivity contribution >= 4 is 41.1 Å². The summed E-state index contributed by atoms with van der Waals surface area (Å²) in [5, 5.41) is 4.87. The topological polar surface area (TPSA) is 150 Å². The van der Waals surface area contributed by atoms with Crippen LogP contribution in [0.4, 0.5) is 0 Å². The molecule has 0 radical (unpaired) electrons. The van der Waals surface area contributed by atoms with Gasteiger partial charge < -0.3 is 24.3 Å². The molecule has 0 spiro atoms. The molecule has 0 aliphatic carbocycles. The minimum absolute atomic E-state index is 0.00437. The number of rotatable bonds is 20. The third-order valence-electron chi connectivity index (χ3n) is 6.49. The van der Waals surface area contributed by atoms with Crippen molar-refractivity contribution in [2.45, 2.75) is 51.0 Å². The smallest absolute Gasteiger partial charge is 0.266 e. The molecule has 0 bridgehead atoms. The molecule has 2 aliphatic heterocycles. The lowest BCUT2D eigenvalue weighted by molar-refractivity contribution is -0.136. The van der Waals surface area contributed by atoms with E-state index in [4.69, 9.17) is 30.5 Å². The zero-order valence-electron chi connectivity index (χ0n) is 23.1. The summed E-state index contributed by atoms with van der Waals surface area (Å²) >= 11 is 5.64. The fourth-order valence-electron chi connectivity index (χ4n) is 4.39. The summed E-state index contributed by atoms with van der Waals surface area (Å²) < 4.78 is 22.0. The molecule has 2 heterocycles. The van der Waals surface area contributed by atoms with Gasteiger partial charge in [0.2, 0.25) is 11.8 Å². The van der Waals surface area contributed by atoms with E-state index in [1.807, 2.05) is 0 Å². The molecule has 0 saturated carbocycles. The highest BCUT2D eigenvalue weighted by Crippen LogP contribution is 2.33. The number of halogens is 1. The van der Waals surface area contributed by atoms with E-state index in [9.17, 15) is 24.0 Å². The second-order valence-electron chi connectivity index (χ2n) is 9.56. The van der Waals surface area contributed by atoms with Crippen LogP contribution in [0.15, 0.2) is 18.2 Å². The number of piperidine rings is 1. The number of hydrogen-bond donors (Lipinski definition) is 2. The van der Waals surface area contributed by atoms with Crippen LogP contribution in [-0.4, -0.2) is 99.2 Å². The predicted octanol–water partition coefficient (Wildman–Crippen LogP) is 1.82. The monoisotopic (exact) mass is 595 g/mol. The first-order chi connectivity index (χ1) is 19.9. The Morgan fingerprint density at radius 2 is 1.59 bits per heavy atom.